The molecule has 3 aliphatic rings. The molecule has 0 unspecified atom stereocenters. The smallest absolute Gasteiger partial charge is 0.407 e. The van der Waals surface area contributed by atoms with Crippen molar-refractivity contribution in [3.05, 3.63) is 35.6 Å². The number of carbonyl (C=O) groups is 2. The van der Waals surface area contributed by atoms with Gasteiger partial charge in [0.15, 0.2) is 0 Å². The van der Waals surface area contributed by atoms with E-state index in [0.29, 0.717) is 38.5 Å². The topological polar surface area (TPSA) is 64.1 Å². The molecule has 7 heteroatoms. The minimum absolute atomic E-state index is 0.0281. The van der Waals surface area contributed by atoms with E-state index < -0.39 is 12.1 Å². The Morgan fingerprint density at radius 1 is 1.10 bits per heavy atom. The van der Waals surface area contributed by atoms with E-state index >= 15 is 0 Å². The van der Waals surface area contributed by atoms with Crippen LogP contribution in [0.4, 0.5) is 9.18 Å². The van der Waals surface area contributed by atoms with Gasteiger partial charge in [-0.3, -0.25) is 14.6 Å². The highest BCUT2D eigenvalue weighted by atomic mass is 19.1. The zero-order valence-corrected chi connectivity index (χ0v) is 16.8. The number of amides is 2. The summed E-state index contributed by atoms with van der Waals surface area (Å²) >= 11 is 0. The van der Waals surface area contributed by atoms with Crippen LogP contribution in [0.25, 0.3) is 0 Å². The summed E-state index contributed by atoms with van der Waals surface area (Å²) in [5, 5.41) is 9.66. The average molecular weight is 403 g/mol. The van der Waals surface area contributed by atoms with Crippen molar-refractivity contribution >= 4 is 12.0 Å². The molecule has 0 bridgehead atoms. The number of rotatable bonds is 4. The average Bonchev–Trinajstić information content (AvgIpc) is 2.91. The Bertz CT molecular complexity index is 755. The third-order valence-electron chi connectivity index (χ3n) is 6.77. The van der Waals surface area contributed by atoms with Gasteiger partial charge in [0.2, 0.25) is 5.91 Å². The fourth-order valence-corrected chi connectivity index (χ4v) is 5.00. The number of nitrogens with zero attached hydrogens (tertiary/aromatic N) is 3. The summed E-state index contributed by atoms with van der Waals surface area (Å²) in [7, 11) is 0. The quantitative estimate of drug-likeness (QED) is 0.840. The summed E-state index contributed by atoms with van der Waals surface area (Å²) in [5.74, 6) is -0.325. The van der Waals surface area contributed by atoms with Gasteiger partial charge in [0.1, 0.15) is 11.9 Å². The predicted molar refractivity (Wildman–Crippen MR) is 107 cm³/mol. The zero-order valence-electron chi connectivity index (χ0n) is 16.8. The maximum Gasteiger partial charge on any atom is 0.407 e. The molecule has 2 aliphatic heterocycles. The van der Waals surface area contributed by atoms with Crippen LogP contribution in [0.3, 0.4) is 0 Å². The summed E-state index contributed by atoms with van der Waals surface area (Å²) in [5.41, 5.74) is 0.847. The first-order valence-electron chi connectivity index (χ1n) is 10.8. The van der Waals surface area contributed by atoms with Crippen molar-refractivity contribution in [3.63, 3.8) is 0 Å². The summed E-state index contributed by atoms with van der Waals surface area (Å²) in [4.78, 5) is 30.7. The number of carbonyl (C=O) groups excluding carboxylic acids is 1. The molecule has 1 aromatic carbocycles. The molecule has 2 atom stereocenters. The summed E-state index contributed by atoms with van der Waals surface area (Å²) in [6, 6.07) is 6.46. The standard InChI is InChI=1S/C22H30FN3O3/c23-18-5-1-4-16(13-18)12-17-14-20(26(15-17)22(28)29)21(27)25-9-3-8-24(10-11-25)19-6-2-7-19/h1,4-5,13,17,19-20H,2-3,6-12,14-15H2,(H,28,29)/t17-,20+/m1/s1. The molecule has 3 fully saturated rings. The van der Waals surface area contributed by atoms with Crippen LogP contribution in [-0.2, 0) is 11.2 Å². The molecule has 158 valence electrons. The minimum Gasteiger partial charge on any atom is -0.465 e. The maximum absolute atomic E-state index is 13.5. The molecule has 2 heterocycles. The lowest BCUT2D eigenvalue weighted by atomic mass is 9.91. The molecule has 6 nitrogen and oxygen atoms in total. The molecule has 0 aromatic heterocycles. The van der Waals surface area contributed by atoms with Gasteiger partial charge in [-0.15, -0.1) is 0 Å². The van der Waals surface area contributed by atoms with Crippen molar-refractivity contribution in [3.8, 4) is 0 Å². The van der Waals surface area contributed by atoms with Gasteiger partial charge in [0.05, 0.1) is 0 Å². The second-order valence-electron chi connectivity index (χ2n) is 8.69. The second-order valence-corrected chi connectivity index (χ2v) is 8.69. The third-order valence-corrected chi connectivity index (χ3v) is 6.77. The number of hydrogen-bond donors (Lipinski definition) is 1. The van der Waals surface area contributed by atoms with Crippen LogP contribution >= 0.6 is 0 Å². The van der Waals surface area contributed by atoms with Crippen molar-refractivity contribution in [1.82, 2.24) is 14.7 Å². The van der Waals surface area contributed by atoms with Crippen LogP contribution in [0.2, 0.25) is 0 Å². The number of likely N-dealkylation sites (tertiary alicyclic amines) is 1. The van der Waals surface area contributed by atoms with E-state index in [-0.39, 0.29) is 17.6 Å². The molecule has 4 rings (SSSR count). The highest BCUT2D eigenvalue weighted by Crippen LogP contribution is 2.29. The molecular formula is C22H30FN3O3. The lowest BCUT2D eigenvalue weighted by molar-refractivity contribution is -0.135. The van der Waals surface area contributed by atoms with Crippen LogP contribution < -0.4 is 0 Å². The minimum atomic E-state index is -1.05. The van der Waals surface area contributed by atoms with E-state index in [1.807, 2.05) is 11.0 Å². The second kappa shape index (κ2) is 8.69. The SMILES string of the molecule is O=C([C@@H]1C[C@@H](Cc2cccc(F)c2)CN1C(=O)O)N1CCCN(C2CCC2)CC1. The highest BCUT2D eigenvalue weighted by molar-refractivity contribution is 5.86. The molecule has 0 radical (unpaired) electrons. The molecule has 1 aliphatic carbocycles. The molecule has 29 heavy (non-hydrogen) atoms. The van der Waals surface area contributed by atoms with Gasteiger partial charge in [-0.2, -0.15) is 0 Å². The van der Waals surface area contributed by atoms with Crippen LogP contribution in [-0.4, -0.2) is 76.6 Å². The Hall–Kier alpha value is -2.15. The first kappa shape index (κ1) is 20.1. The zero-order chi connectivity index (χ0) is 20.4. The van der Waals surface area contributed by atoms with Gasteiger partial charge in [0.25, 0.3) is 0 Å². The first-order valence-corrected chi connectivity index (χ1v) is 10.8. The van der Waals surface area contributed by atoms with Crippen molar-refractivity contribution in [2.24, 2.45) is 5.92 Å². The molecule has 1 saturated carbocycles. The first-order chi connectivity index (χ1) is 14.0. The molecule has 1 aromatic rings. The molecular weight excluding hydrogens is 373 g/mol. The molecule has 2 amide bonds. The van der Waals surface area contributed by atoms with Gasteiger partial charge >= 0.3 is 6.09 Å². The van der Waals surface area contributed by atoms with E-state index in [2.05, 4.69) is 4.90 Å². The Morgan fingerprint density at radius 2 is 1.93 bits per heavy atom. The summed E-state index contributed by atoms with van der Waals surface area (Å²) in [6.45, 7) is 3.59. The van der Waals surface area contributed by atoms with Crippen LogP contribution in [0, 0.1) is 11.7 Å². The van der Waals surface area contributed by atoms with E-state index in [0.717, 1.165) is 25.1 Å². The van der Waals surface area contributed by atoms with E-state index in [1.165, 1.54) is 36.3 Å². The number of benzene rings is 1. The summed E-state index contributed by atoms with van der Waals surface area (Å²) in [6.07, 6.45) is 4.79. The lowest BCUT2D eigenvalue weighted by Crippen LogP contribution is -2.49. The van der Waals surface area contributed by atoms with Gasteiger partial charge in [-0.05, 0) is 55.7 Å². The highest BCUT2D eigenvalue weighted by Gasteiger charge is 2.41. The van der Waals surface area contributed by atoms with Crippen molar-refractivity contribution < 1.29 is 19.1 Å². The van der Waals surface area contributed by atoms with E-state index in [4.69, 9.17) is 0 Å². The van der Waals surface area contributed by atoms with E-state index in [1.54, 1.807) is 6.07 Å². The van der Waals surface area contributed by atoms with Crippen LogP contribution in [0.5, 0.6) is 0 Å². The van der Waals surface area contributed by atoms with Crippen molar-refractivity contribution in [1.29, 1.82) is 0 Å². The maximum atomic E-state index is 13.5. The largest absolute Gasteiger partial charge is 0.465 e. The van der Waals surface area contributed by atoms with E-state index in [9.17, 15) is 19.1 Å². The Balaban J connectivity index is 1.40. The fraction of sp³-hybridized carbons (Fsp3) is 0.636. The van der Waals surface area contributed by atoms with Crippen LogP contribution in [0.1, 0.15) is 37.7 Å². The van der Waals surface area contributed by atoms with Gasteiger partial charge < -0.3 is 10.0 Å². The lowest BCUT2D eigenvalue weighted by Gasteiger charge is -2.36. The van der Waals surface area contributed by atoms with Gasteiger partial charge in [0, 0.05) is 38.8 Å². The predicted octanol–water partition coefficient (Wildman–Crippen LogP) is 2.82. The van der Waals surface area contributed by atoms with Crippen LogP contribution in [0.15, 0.2) is 24.3 Å². The Kier molecular flexibility index (Phi) is 6.04. The molecule has 2 saturated heterocycles. The monoisotopic (exact) mass is 403 g/mol. The number of halogens is 1. The number of carboxylic acid groups (broad SMARTS) is 1. The fourth-order valence-electron chi connectivity index (χ4n) is 5.00. The normalized spacial score (nSPS) is 26.2. The van der Waals surface area contributed by atoms with Crippen molar-refractivity contribution in [2.75, 3.05) is 32.7 Å². The summed E-state index contributed by atoms with van der Waals surface area (Å²) < 4.78 is 13.5. The Morgan fingerprint density at radius 3 is 2.62 bits per heavy atom. The van der Waals surface area contributed by atoms with Gasteiger partial charge in [-0.1, -0.05) is 18.6 Å². The number of hydrogen-bond acceptors (Lipinski definition) is 3. The van der Waals surface area contributed by atoms with Gasteiger partial charge in [-0.25, -0.2) is 9.18 Å². The molecule has 0 spiro atoms. The Labute approximate surface area is 171 Å². The third kappa shape index (κ3) is 4.55. The van der Waals surface area contributed by atoms with Crippen molar-refractivity contribution in [2.45, 2.75) is 50.6 Å². The molecule has 1 N–H and O–H groups in total.